The topological polar surface area (TPSA) is 32.3 Å². The minimum atomic E-state index is -0.170. The van der Waals surface area contributed by atoms with Crippen LogP contribution in [0.5, 0.6) is 0 Å². The molecule has 1 amide bonds. The van der Waals surface area contributed by atoms with Crippen molar-refractivity contribution >= 4 is 17.3 Å². The molecule has 3 aromatic rings. The van der Waals surface area contributed by atoms with Crippen molar-refractivity contribution < 1.29 is 4.79 Å². The van der Waals surface area contributed by atoms with E-state index in [1.807, 2.05) is 66.7 Å². The van der Waals surface area contributed by atoms with E-state index in [0.29, 0.717) is 0 Å². The molecule has 26 heavy (non-hydrogen) atoms. The Hall–Kier alpha value is -3.07. The van der Waals surface area contributed by atoms with Gasteiger partial charge in [-0.3, -0.25) is 4.79 Å². The summed E-state index contributed by atoms with van der Waals surface area (Å²) in [4.78, 5) is 14.7. The van der Waals surface area contributed by atoms with Crippen LogP contribution in [0.15, 0.2) is 91.0 Å². The molecule has 0 saturated heterocycles. The lowest BCUT2D eigenvalue weighted by Gasteiger charge is -2.27. The second kappa shape index (κ2) is 8.86. The third-order valence-electron chi connectivity index (χ3n) is 4.54. The Balaban J connectivity index is 1.85. The molecule has 0 heterocycles. The molecule has 0 fully saturated rings. The molecule has 3 heteroatoms. The van der Waals surface area contributed by atoms with Gasteiger partial charge in [-0.2, -0.15) is 0 Å². The first-order valence-corrected chi connectivity index (χ1v) is 8.94. The summed E-state index contributed by atoms with van der Waals surface area (Å²) in [6, 6.07) is 30.6. The molecule has 1 atom stereocenters. The molecular weight excluding hydrogens is 320 g/mol. The van der Waals surface area contributed by atoms with E-state index >= 15 is 0 Å². The van der Waals surface area contributed by atoms with E-state index in [9.17, 15) is 4.79 Å². The SMILES string of the molecule is CNC(=O)C(CCN(c1ccccc1)c1ccccc1)c1ccccc1. The van der Waals surface area contributed by atoms with Crippen LogP contribution in [0.1, 0.15) is 17.9 Å². The minimum absolute atomic E-state index is 0.0530. The van der Waals surface area contributed by atoms with E-state index in [0.717, 1.165) is 29.9 Å². The van der Waals surface area contributed by atoms with Gasteiger partial charge in [0.2, 0.25) is 5.91 Å². The van der Waals surface area contributed by atoms with Crippen molar-refractivity contribution in [2.75, 3.05) is 18.5 Å². The number of carbonyl (C=O) groups is 1. The molecule has 0 saturated carbocycles. The maximum Gasteiger partial charge on any atom is 0.227 e. The van der Waals surface area contributed by atoms with Gasteiger partial charge in [-0.15, -0.1) is 0 Å². The van der Waals surface area contributed by atoms with Crippen LogP contribution in [0.3, 0.4) is 0 Å². The molecule has 132 valence electrons. The van der Waals surface area contributed by atoms with E-state index < -0.39 is 0 Å². The van der Waals surface area contributed by atoms with Crippen LogP contribution in [-0.2, 0) is 4.79 Å². The summed E-state index contributed by atoms with van der Waals surface area (Å²) < 4.78 is 0. The summed E-state index contributed by atoms with van der Waals surface area (Å²) in [7, 11) is 1.70. The summed E-state index contributed by atoms with van der Waals surface area (Å²) in [5.74, 6) is -0.117. The fourth-order valence-corrected chi connectivity index (χ4v) is 3.19. The lowest BCUT2D eigenvalue weighted by atomic mass is 9.94. The highest BCUT2D eigenvalue weighted by molar-refractivity contribution is 5.83. The maximum absolute atomic E-state index is 12.5. The number of hydrogen-bond donors (Lipinski definition) is 1. The van der Waals surface area contributed by atoms with Gasteiger partial charge in [-0.05, 0) is 36.2 Å². The predicted molar refractivity (Wildman–Crippen MR) is 108 cm³/mol. The third kappa shape index (κ3) is 4.31. The molecule has 0 aliphatic rings. The van der Waals surface area contributed by atoms with Crippen LogP contribution in [-0.4, -0.2) is 19.5 Å². The number of nitrogens with one attached hydrogen (secondary N) is 1. The first-order chi connectivity index (χ1) is 12.8. The van der Waals surface area contributed by atoms with Gasteiger partial charge < -0.3 is 10.2 Å². The van der Waals surface area contributed by atoms with Gasteiger partial charge in [-0.25, -0.2) is 0 Å². The van der Waals surface area contributed by atoms with Crippen molar-refractivity contribution in [1.29, 1.82) is 0 Å². The van der Waals surface area contributed by atoms with E-state index in [2.05, 4.69) is 34.5 Å². The zero-order chi connectivity index (χ0) is 18.2. The fraction of sp³-hybridized carbons (Fsp3) is 0.174. The minimum Gasteiger partial charge on any atom is -0.359 e. The molecule has 0 bridgehead atoms. The zero-order valence-corrected chi connectivity index (χ0v) is 15.0. The molecule has 1 unspecified atom stereocenters. The monoisotopic (exact) mass is 344 g/mol. The number of amides is 1. The molecule has 3 rings (SSSR count). The highest BCUT2D eigenvalue weighted by Gasteiger charge is 2.21. The van der Waals surface area contributed by atoms with Gasteiger partial charge in [-0.1, -0.05) is 66.7 Å². The van der Waals surface area contributed by atoms with E-state index in [-0.39, 0.29) is 11.8 Å². The summed E-state index contributed by atoms with van der Waals surface area (Å²) in [6.07, 6.45) is 0.730. The predicted octanol–water partition coefficient (Wildman–Crippen LogP) is 4.74. The lowest BCUT2D eigenvalue weighted by molar-refractivity contribution is -0.122. The average Bonchev–Trinajstić information content (AvgIpc) is 2.73. The smallest absolute Gasteiger partial charge is 0.227 e. The summed E-state index contributed by atoms with van der Waals surface area (Å²) >= 11 is 0. The number of benzene rings is 3. The first-order valence-electron chi connectivity index (χ1n) is 8.94. The van der Waals surface area contributed by atoms with Crippen molar-refractivity contribution in [2.24, 2.45) is 0 Å². The quantitative estimate of drug-likeness (QED) is 0.671. The van der Waals surface area contributed by atoms with Crippen LogP contribution in [0, 0.1) is 0 Å². The van der Waals surface area contributed by atoms with E-state index in [1.165, 1.54) is 0 Å². The Bertz CT molecular complexity index is 764. The summed E-state index contributed by atoms with van der Waals surface area (Å²) in [5.41, 5.74) is 3.30. The Morgan fingerprint density at radius 2 is 1.27 bits per heavy atom. The normalized spacial score (nSPS) is 11.6. The molecule has 0 spiro atoms. The van der Waals surface area contributed by atoms with Gasteiger partial charge in [0.25, 0.3) is 0 Å². The van der Waals surface area contributed by atoms with Crippen LogP contribution < -0.4 is 10.2 Å². The Kier molecular flexibility index (Phi) is 6.05. The number of para-hydroxylation sites is 2. The summed E-state index contributed by atoms with van der Waals surface area (Å²) in [6.45, 7) is 0.751. The number of rotatable bonds is 7. The van der Waals surface area contributed by atoms with Crippen LogP contribution >= 0.6 is 0 Å². The largest absolute Gasteiger partial charge is 0.359 e. The Labute approximate surface area is 155 Å². The Morgan fingerprint density at radius 1 is 0.808 bits per heavy atom. The van der Waals surface area contributed by atoms with Crippen molar-refractivity contribution in [1.82, 2.24) is 5.32 Å². The van der Waals surface area contributed by atoms with Crippen molar-refractivity contribution in [3.63, 3.8) is 0 Å². The fourth-order valence-electron chi connectivity index (χ4n) is 3.19. The van der Waals surface area contributed by atoms with Crippen LogP contribution in [0.4, 0.5) is 11.4 Å². The average molecular weight is 344 g/mol. The van der Waals surface area contributed by atoms with Gasteiger partial charge in [0.15, 0.2) is 0 Å². The molecule has 0 aliphatic carbocycles. The summed E-state index contributed by atoms with van der Waals surface area (Å²) in [5, 5.41) is 2.81. The van der Waals surface area contributed by atoms with Crippen molar-refractivity contribution in [3.05, 3.63) is 96.6 Å². The third-order valence-corrected chi connectivity index (χ3v) is 4.54. The highest BCUT2D eigenvalue weighted by atomic mass is 16.1. The van der Waals surface area contributed by atoms with Crippen molar-refractivity contribution in [3.8, 4) is 0 Å². The first kappa shape index (κ1) is 17.7. The Morgan fingerprint density at radius 3 is 1.73 bits per heavy atom. The standard InChI is InChI=1S/C23H24N2O/c1-24-23(26)22(19-11-5-2-6-12-19)17-18-25(20-13-7-3-8-14-20)21-15-9-4-10-16-21/h2-16,22H,17-18H2,1H3,(H,24,26). The van der Waals surface area contributed by atoms with Crippen LogP contribution in [0.2, 0.25) is 0 Å². The maximum atomic E-state index is 12.5. The van der Waals surface area contributed by atoms with E-state index in [4.69, 9.17) is 0 Å². The number of anilines is 2. The number of carbonyl (C=O) groups excluding carboxylic acids is 1. The molecule has 3 nitrogen and oxygen atoms in total. The van der Waals surface area contributed by atoms with Crippen LogP contribution in [0.25, 0.3) is 0 Å². The number of likely N-dealkylation sites (N-methyl/N-ethyl adjacent to an activating group) is 1. The zero-order valence-electron chi connectivity index (χ0n) is 15.0. The van der Waals surface area contributed by atoms with Gasteiger partial charge in [0, 0.05) is 25.0 Å². The molecular formula is C23H24N2O. The van der Waals surface area contributed by atoms with Gasteiger partial charge in [0.05, 0.1) is 5.92 Å². The lowest BCUT2D eigenvalue weighted by Crippen LogP contribution is -2.29. The second-order valence-corrected chi connectivity index (χ2v) is 6.19. The number of hydrogen-bond acceptors (Lipinski definition) is 2. The highest BCUT2D eigenvalue weighted by Crippen LogP contribution is 2.28. The molecule has 1 N–H and O–H groups in total. The van der Waals surface area contributed by atoms with Gasteiger partial charge in [0.1, 0.15) is 0 Å². The molecule has 0 radical (unpaired) electrons. The second-order valence-electron chi connectivity index (χ2n) is 6.19. The van der Waals surface area contributed by atoms with Gasteiger partial charge >= 0.3 is 0 Å². The van der Waals surface area contributed by atoms with Crippen molar-refractivity contribution in [2.45, 2.75) is 12.3 Å². The number of nitrogens with zero attached hydrogens (tertiary/aromatic N) is 1. The molecule has 0 aliphatic heterocycles. The van der Waals surface area contributed by atoms with E-state index in [1.54, 1.807) is 7.05 Å². The molecule has 3 aromatic carbocycles. The molecule has 0 aromatic heterocycles.